The van der Waals surface area contributed by atoms with Gasteiger partial charge in [0.1, 0.15) is 6.61 Å². The van der Waals surface area contributed by atoms with Crippen molar-refractivity contribution in [3.8, 4) is 0 Å². The molecule has 7 heteroatoms. The second-order valence-electron chi connectivity index (χ2n) is 6.13. The van der Waals surface area contributed by atoms with Crippen molar-refractivity contribution in [2.45, 2.75) is 19.3 Å². The molecule has 0 fully saturated rings. The first kappa shape index (κ1) is 18.7. The molecule has 0 aliphatic carbocycles. The zero-order valence-corrected chi connectivity index (χ0v) is 15.9. The molecule has 0 bridgehead atoms. The number of halogens is 2. The van der Waals surface area contributed by atoms with Crippen LogP contribution in [-0.4, -0.2) is 25.5 Å². The average Bonchev–Trinajstić information content (AvgIpc) is 2.60. The van der Waals surface area contributed by atoms with E-state index in [0.29, 0.717) is 21.4 Å². The molecule has 1 aliphatic heterocycles. The molecule has 1 aliphatic rings. The van der Waals surface area contributed by atoms with E-state index >= 15 is 0 Å². The Morgan fingerprint density at radius 1 is 1.27 bits per heavy atom. The van der Waals surface area contributed by atoms with Gasteiger partial charge >= 0.3 is 0 Å². The summed E-state index contributed by atoms with van der Waals surface area (Å²) in [5, 5.41) is 6.61. The van der Waals surface area contributed by atoms with E-state index in [9.17, 15) is 9.59 Å². The number of rotatable bonds is 4. The minimum Gasteiger partial charge on any atom is -0.375 e. The zero-order chi connectivity index (χ0) is 18.8. The number of fused-ring (bicyclic) bond motifs is 1. The third kappa shape index (κ3) is 3.56. The van der Waals surface area contributed by atoms with Crippen LogP contribution in [0.5, 0.6) is 0 Å². The summed E-state index contributed by atoms with van der Waals surface area (Å²) in [5.41, 5.74) is 3.85. The van der Waals surface area contributed by atoms with E-state index < -0.39 is 0 Å². The number of nitrogens with one attached hydrogen (secondary N) is 2. The van der Waals surface area contributed by atoms with Gasteiger partial charge in [0.05, 0.1) is 10.0 Å². The number of benzene rings is 2. The highest BCUT2D eigenvalue weighted by Crippen LogP contribution is 2.44. The van der Waals surface area contributed by atoms with Crippen molar-refractivity contribution in [3.63, 3.8) is 0 Å². The van der Waals surface area contributed by atoms with Gasteiger partial charge in [0, 0.05) is 30.8 Å². The fraction of sp³-hybridized carbons (Fsp3) is 0.263. The Balaban J connectivity index is 2.04. The quantitative estimate of drug-likeness (QED) is 0.811. The fourth-order valence-corrected chi connectivity index (χ4v) is 3.63. The molecule has 26 heavy (non-hydrogen) atoms. The van der Waals surface area contributed by atoms with E-state index in [1.807, 2.05) is 31.2 Å². The Morgan fingerprint density at radius 2 is 2.04 bits per heavy atom. The monoisotopic (exact) mass is 392 g/mol. The molecular formula is C19H18Cl2N2O3. The first-order valence-corrected chi connectivity index (χ1v) is 8.84. The Kier molecular flexibility index (Phi) is 5.51. The average molecular weight is 393 g/mol. The standard InChI is InChI=1S/C19H18Cl2N2O3/c1-10-15(22-17(25)9-26-2)7-6-12-13(8-16(24)23-19(10)12)11-4-3-5-14(20)18(11)21/h3-7,13H,8-9H2,1-2H3,(H,22,25)(H,23,24). The smallest absolute Gasteiger partial charge is 0.250 e. The molecule has 5 nitrogen and oxygen atoms in total. The van der Waals surface area contributed by atoms with Gasteiger partial charge in [-0.25, -0.2) is 0 Å². The van der Waals surface area contributed by atoms with Crippen LogP contribution in [-0.2, 0) is 14.3 Å². The topological polar surface area (TPSA) is 67.4 Å². The van der Waals surface area contributed by atoms with Gasteiger partial charge in [0.2, 0.25) is 11.8 Å². The number of hydrogen-bond donors (Lipinski definition) is 2. The summed E-state index contributed by atoms with van der Waals surface area (Å²) in [6.07, 6.45) is 0.280. The van der Waals surface area contributed by atoms with Crippen molar-refractivity contribution in [2.24, 2.45) is 0 Å². The van der Waals surface area contributed by atoms with Crippen LogP contribution in [0.1, 0.15) is 29.0 Å². The van der Waals surface area contributed by atoms with Gasteiger partial charge in [-0.1, -0.05) is 41.4 Å². The number of carbonyl (C=O) groups excluding carboxylic acids is 2. The van der Waals surface area contributed by atoms with Crippen LogP contribution in [0.4, 0.5) is 11.4 Å². The molecule has 2 amide bonds. The second-order valence-corrected chi connectivity index (χ2v) is 6.92. The maximum atomic E-state index is 12.3. The molecule has 0 radical (unpaired) electrons. The lowest BCUT2D eigenvalue weighted by Crippen LogP contribution is -2.25. The van der Waals surface area contributed by atoms with Crippen LogP contribution < -0.4 is 10.6 Å². The Bertz CT molecular complexity index is 883. The van der Waals surface area contributed by atoms with Gasteiger partial charge in [0.25, 0.3) is 0 Å². The summed E-state index contributed by atoms with van der Waals surface area (Å²) < 4.78 is 4.84. The normalized spacial score (nSPS) is 16.0. The first-order valence-electron chi connectivity index (χ1n) is 8.08. The van der Waals surface area contributed by atoms with Crippen LogP contribution >= 0.6 is 23.2 Å². The highest BCUT2D eigenvalue weighted by Gasteiger charge is 2.30. The molecule has 0 saturated carbocycles. The molecule has 1 heterocycles. The number of amides is 2. The summed E-state index contributed by atoms with van der Waals surface area (Å²) in [6.45, 7) is 1.81. The van der Waals surface area contributed by atoms with E-state index in [-0.39, 0.29) is 30.8 Å². The summed E-state index contributed by atoms with van der Waals surface area (Å²) in [6, 6.07) is 9.14. The molecule has 0 spiro atoms. The van der Waals surface area contributed by atoms with Gasteiger partial charge in [-0.2, -0.15) is 0 Å². The second kappa shape index (κ2) is 7.66. The molecule has 1 atom stereocenters. The predicted molar refractivity (Wildman–Crippen MR) is 103 cm³/mol. The van der Waals surface area contributed by atoms with Crippen LogP contribution in [0.15, 0.2) is 30.3 Å². The van der Waals surface area contributed by atoms with Crippen molar-refractivity contribution in [1.29, 1.82) is 0 Å². The van der Waals surface area contributed by atoms with Gasteiger partial charge in [0.15, 0.2) is 0 Å². The lowest BCUT2D eigenvalue weighted by atomic mass is 9.83. The summed E-state index contributed by atoms with van der Waals surface area (Å²) in [7, 11) is 1.46. The van der Waals surface area contributed by atoms with E-state index in [0.717, 1.165) is 16.7 Å². The van der Waals surface area contributed by atoms with Crippen LogP contribution in [0.25, 0.3) is 0 Å². The lowest BCUT2D eigenvalue weighted by Gasteiger charge is -2.29. The van der Waals surface area contributed by atoms with Crippen molar-refractivity contribution in [2.75, 3.05) is 24.4 Å². The van der Waals surface area contributed by atoms with E-state index in [1.54, 1.807) is 6.07 Å². The van der Waals surface area contributed by atoms with Crippen LogP contribution in [0.2, 0.25) is 10.0 Å². The van der Waals surface area contributed by atoms with Gasteiger partial charge in [-0.3, -0.25) is 9.59 Å². The lowest BCUT2D eigenvalue weighted by molar-refractivity contribution is -0.119. The molecule has 0 aromatic heterocycles. The van der Waals surface area contributed by atoms with E-state index in [1.165, 1.54) is 7.11 Å². The molecule has 0 saturated heterocycles. The first-order chi connectivity index (χ1) is 12.4. The zero-order valence-electron chi connectivity index (χ0n) is 14.4. The molecule has 1 unspecified atom stereocenters. The number of hydrogen-bond acceptors (Lipinski definition) is 3. The van der Waals surface area contributed by atoms with Crippen molar-refractivity contribution in [1.82, 2.24) is 0 Å². The number of methoxy groups -OCH3 is 1. The minimum atomic E-state index is -0.257. The van der Waals surface area contributed by atoms with Crippen molar-refractivity contribution in [3.05, 3.63) is 57.1 Å². The third-order valence-electron chi connectivity index (χ3n) is 4.43. The number of carbonyl (C=O) groups is 2. The van der Waals surface area contributed by atoms with Crippen molar-refractivity contribution >= 4 is 46.4 Å². The van der Waals surface area contributed by atoms with Gasteiger partial charge < -0.3 is 15.4 Å². The largest absolute Gasteiger partial charge is 0.375 e. The van der Waals surface area contributed by atoms with Gasteiger partial charge in [-0.15, -0.1) is 0 Å². The Hall–Kier alpha value is -2.08. The molecule has 3 rings (SSSR count). The number of ether oxygens (including phenoxy) is 1. The molecular weight excluding hydrogens is 375 g/mol. The maximum absolute atomic E-state index is 12.3. The van der Waals surface area contributed by atoms with Crippen molar-refractivity contribution < 1.29 is 14.3 Å². The fourth-order valence-electron chi connectivity index (χ4n) is 3.19. The van der Waals surface area contributed by atoms with Crippen LogP contribution in [0.3, 0.4) is 0 Å². The third-order valence-corrected chi connectivity index (χ3v) is 5.27. The SMILES string of the molecule is COCC(=O)Nc1ccc2c(c1C)NC(=O)CC2c1cccc(Cl)c1Cl. The van der Waals surface area contributed by atoms with Crippen LogP contribution in [0, 0.1) is 6.92 Å². The highest BCUT2D eigenvalue weighted by molar-refractivity contribution is 6.42. The Labute approximate surface area is 161 Å². The van der Waals surface area contributed by atoms with Gasteiger partial charge in [-0.05, 0) is 35.7 Å². The highest BCUT2D eigenvalue weighted by atomic mass is 35.5. The summed E-state index contributed by atoms with van der Waals surface area (Å²) >= 11 is 12.5. The summed E-state index contributed by atoms with van der Waals surface area (Å²) in [4.78, 5) is 24.1. The molecule has 2 aromatic rings. The molecule has 2 aromatic carbocycles. The van der Waals surface area contributed by atoms with E-state index in [2.05, 4.69) is 10.6 Å². The van der Waals surface area contributed by atoms with E-state index in [4.69, 9.17) is 27.9 Å². The Morgan fingerprint density at radius 3 is 2.77 bits per heavy atom. The molecule has 2 N–H and O–H groups in total. The maximum Gasteiger partial charge on any atom is 0.250 e. The predicted octanol–water partition coefficient (Wildman–Crippen LogP) is 4.36. The summed E-state index contributed by atoms with van der Waals surface area (Å²) in [5.74, 6) is -0.568. The minimum absolute atomic E-state index is 0.0381. The molecule has 136 valence electrons. The number of anilines is 2.